The SMILES string of the molecule is NCCCC[C@H](N)/C=C\F. The van der Waals surface area contributed by atoms with Crippen LogP contribution in [-0.2, 0) is 0 Å². The molecule has 0 aliphatic carbocycles. The Morgan fingerprint density at radius 3 is 2.60 bits per heavy atom. The van der Waals surface area contributed by atoms with E-state index in [4.69, 9.17) is 11.5 Å². The van der Waals surface area contributed by atoms with E-state index in [2.05, 4.69) is 0 Å². The third kappa shape index (κ3) is 5.72. The molecule has 0 unspecified atom stereocenters. The molecular weight excluding hydrogens is 131 g/mol. The first kappa shape index (κ1) is 9.59. The Morgan fingerprint density at radius 2 is 2.10 bits per heavy atom. The first-order valence-corrected chi connectivity index (χ1v) is 3.53. The Hall–Kier alpha value is -0.410. The first-order chi connectivity index (χ1) is 4.81. The van der Waals surface area contributed by atoms with Crippen molar-refractivity contribution in [2.75, 3.05) is 6.54 Å². The lowest BCUT2D eigenvalue weighted by Gasteiger charge is -2.03. The van der Waals surface area contributed by atoms with Gasteiger partial charge in [-0.25, -0.2) is 4.39 Å². The highest BCUT2D eigenvalue weighted by Gasteiger charge is 1.95. The molecule has 0 aromatic carbocycles. The fraction of sp³-hybridized carbons (Fsp3) is 0.714. The van der Waals surface area contributed by atoms with Crippen molar-refractivity contribution >= 4 is 0 Å². The van der Waals surface area contributed by atoms with Gasteiger partial charge in [0.25, 0.3) is 0 Å². The Kier molecular flexibility index (Phi) is 6.43. The van der Waals surface area contributed by atoms with Crippen LogP contribution in [0.3, 0.4) is 0 Å². The van der Waals surface area contributed by atoms with Crippen molar-refractivity contribution < 1.29 is 4.39 Å². The minimum atomic E-state index is -0.142. The third-order valence-corrected chi connectivity index (χ3v) is 1.31. The molecule has 4 N–H and O–H groups in total. The molecule has 0 bridgehead atoms. The van der Waals surface area contributed by atoms with Crippen LogP contribution in [0, 0.1) is 0 Å². The van der Waals surface area contributed by atoms with Crippen LogP contribution in [0.1, 0.15) is 19.3 Å². The summed E-state index contributed by atoms with van der Waals surface area (Å²) in [7, 11) is 0. The minimum absolute atomic E-state index is 0.142. The highest BCUT2D eigenvalue weighted by Crippen LogP contribution is 1.98. The zero-order valence-electron chi connectivity index (χ0n) is 6.09. The van der Waals surface area contributed by atoms with Crippen LogP contribution in [0.4, 0.5) is 4.39 Å². The molecule has 0 saturated heterocycles. The smallest absolute Gasteiger partial charge is 0.0842 e. The lowest BCUT2D eigenvalue weighted by Crippen LogP contribution is -2.16. The fourth-order valence-corrected chi connectivity index (χ4v) is 0.714. The van der Waals surface area contributed by atoms with Crippen molar-refractivity contribution in [3.05, 3.63) is 12.4 Å². The zero-order chi connectivity index (χ0) is 7.82. The molecule has 0 aliphatic heterocycles. The van der Waals surface area contributed by atoms with Crippen LogP contribution >= 0.6 is 0 Å². The largest absolute Gasteiger partial charge is 0.330 e. The third-order valence-electron chi connectivity index (χ3n) is 1.31. The van der Waals surface area contributed by atoms with E-state index in [1.54, 1.807) is 0 Å². The molecule has 0 aliphatic rings. The summed E-state index contributed by atoms with van der Waals surface area (Å²) in [5.41, 5.74) is 10.7. The van der Waals surface area contributed by atoms with E-state index < -0.39 is 0 Å². The van der Waals surface area contributed by atoms with Gasteiger partial charge >= 0.3 is 0 Å². The van der Waals surface area contributed by atoms with Crippen LogP contribution in [0.2, 0.25) is 0 Å². The molecule has 0 rings (SSSR count). The van der Waals surface area contributed by atoms with E-state index in [9.17, 15) is 4.39 Å². The highest BCUT2D eigenvalue weighted by atomic mass is 19.1. The van der Waals surface area contributed by atoms with Crippen LogP contribution in [0.25, 0.3) is 0 Å². The van der Waals surface area contributed by atoms with Crippen LogP contribution < -0.4 is 11.5 Å². The highest BCUT2D eigenvalue weighted by molar-refractivity contribution is 4.85. The number of unbranched alkanes of at least 4 members (excludes halogenated alkanes) is 1. The topological polar surface area (TPSA) is 52.0 Å². The predicted molar refractivity (Wildman–Crippen MR) is 41.1 cm³/mol. The minimum Gasteiger partial charge on any atom is -0.330 e. The molecule has 1 atom stereocenters. The van der Waals surface area contributed by atoms with E-state index in [1.807, 2.05) is 0 Å². The molecule has 0 aromatic rings. The monoisotopic (exact) mass is 146 g/mol. The van der Waals surface area contributed by atoms with Crippen molar-refractivity contribution in [1.29, 1.82) is 0 Å². The average molecular weight is 146 g/mol. The van der Waals surface area contributed by atoms with Gasteiger partial charge in [0.2, 0.25) is 0 Å². The number of hydrogen-bond acceptors (Lipinski definition) is 2. The van der Waals surface area contributed by atoms with Gasteiger partial charge in [0.05, 0.1) is 6.33 Å². The van der Waals surface area contributed by atoms with Gasteiger partial charge < -0.3 is 11.5 Å². The average Bonchev–Trinajstić information content (AvgIpc) is 1.89. The summed E-state index contributed by atoms with van der Waals surface area (Å²) in [6.07, 6.45) is 4.61. The maximum absolute atomic E-state index is 11.5. The lowest BCUT2D eigenvalue weighted by molar-refractivity contribution is 0.623. The second kappa shape index (κ2) is 6.71. The van der Waals surface area contributed by atoms with Crippen molar-refractivity contribution in [2.45, 2.75) is 25.3 Å². The Labute approximate surface area is 61.1 Å². The van der Waals surface area contributed by atoms with E-state index >= 15 is 0 Å². The van der Waals surface area contributed by atoms with Crippen molar-refractivity contribution in [1.82, 2.24) is 0 Å². The summed E-state index contributed by atoms with van der Waals surface area (Å²) in [4.78, 5) is 0. The number of rotatable bonds is 5. The van der Waals surface area contributed by atoms with Crippen LogP contribution in [-0.4, -0.2) is 12.6 Å². The lowest BCUT2D eigenvalue weighted by atomic mass is 10.1. The maximum atomic E-state index is 11.5. The molecule has 0 saturated carbocycles. The van der Waals surface area contributed by atoms with E-state index in [-0.39, 0.29) is 6.04 Å². The summed E-state index contributed by atoms with van der Waals surface area (Å²) >= 11 is 0. The molecule has 2 nitrogen and oxygen atoms in total. The molecule has 0 radical (unpaired) electrons. The molecule has 60 valence electrons. The van der Waals surface area contributed by atoms with Crippen LogP contribution in [0.5, 0.6) is 0 Å². The van der Waals surface area contributed by atoms with Gasteiger partial charge in [-0.15, -0.1) is 0 Å². The van der Waals surface area contributed by atoms with Gasteiger partial charge in [-0.3, -0.25) is 0 Å². The Morgan fingerprint density at radius 1 is 1.40 bits per heavy atom. The molecule has 0 heterocycles. The quantitative estimate of drug-likeness (QED) is 0.567. The predicted octanol–water partition coefficient (Wildman–Crippen LogP) is 0.926. The molecule has 3 heteroatoms. The van der Waals surface area contributed by atoms with Crippen LogP contribution in [0.15, 0.2) is 12.4 Å². The van der Waals surface area contributed by atoms with Gasteiger partial charge in [0, 0.05) is 6.04 Å². The second-order valence-electron chi connectivity index (χ2n) is 2.27. The zero-order valence-corrected chi connectivity index (χ0v) is 6.09. The first-order valence-electron chi connectivity index (χ1n) is 3.53. The fourth-order valence-electron chi connectivity index (χ4n) is 0.714. The number of nitrogens with two attached hydrogens (primary N) is 2. The summed E-state index contributed by atoms with van der Waals surface area (Å²) in [6, 6.07) is -0.142. The summed E-state index contributed by atoms with van der Waals surface area (Å²) < 4.78 is 11.5. The Bertz CT molecular complexity index is 93.6. The van der Waals surface area contributed by atoms with Crippen molar-refractivity contribution in [2.24, 2.45) is 11.5 Å². The van der Waals surface area contributed by atoms with Gasteiger partial charge in [0.15, 0.2) is 0 Å². The summed E-state index contributed by atoms with van der Waals surface area (Å²) in [5.74, 6) is 0. The van der Waals surface area contributed by atoms with Gasteiger partial charge in [0.1, 0.15) is 0 Å². The van der Waals surface area contributed by atoms with E-state index in [0.29, 0.717) is 12.9 Å². The van der Waals surface area contributed by atoms with E-state index in [0.717, 1.165) is 19.3 Å². The second-order valence-corrected chi connectivity index (χ2v) is 2.27. The molecule has 10 heavy (non-hydrogen) atoms. The van der Waals surface area contributed by atoms with Crippen molar-refractivity contribution in [3.63, 3.8) is 0 Å². The summed E-state index contributed by atoms with van der Waals surface area (Å²) in [6.45, 7) is 0.687. The molecule has 0 fully saturated rings. The van der Waals surface area contributed by atoms with Gasteiger partial charge in [-0.1, -0.05) is 6.42 Å². The standard InChI is InChI=1S/C7H15FN2/c8-5-4-7(10)3-1-2-6-9/h4-5,7H,1-3,6,9-10H2/b5-4-/t7-/m0/s1. The van der Waals surface area contributed by atoms with E-state index in [1.165, 1.54) is 6.08 Å². The maximum Gasteiger partial charge on any atom is 0.0842 e. The molecule has 0 spiro atoms. The van der Waals surface area contributed by atoms with Gasteiger partial charge in [-0.2, -0.15) is 0 Å². The van der Waals surface area contributed by atoms with Crippen molar-refractivity contribution in [3.8, 4) is 0 Å². The number of halogens is 1. The number of hydrogen-bond donors (Lipinski definition) is 2. The van der Waals surface area contributed by atoms with Gasteiger partial charge in [-0.05, 0) is 25.5 Å². The normalized spacial score (nSPS) is 14.3. The Balaban J connectivity index is 3.13. The molecular formula is C7H15FN2. The molecule has 0 aromatic heterocycles. The summed E-state index contributed by atoms with van der Waals surface area (Å²) in [5, 5.41) is 0. The molecule has 0 amide bonds.